The number of esters is 1. The summed E-state index contributed by atoms with van der Waals surface area (Å²) in [5.41, 5.74) is 0. The molecule has 2 bridgehead atoms. The van der Waals surface area contributed by atoms with Crippen molar-refractivity contribution in [1.29, 1.82) is 0 Å². The minimum Gasteiger partial charge on any atom is -0.465 e. The average Bonchev–Trinajstić information content (AvgIpc) is 3.27. The van der Waals surface area contributed by atoms with Crippen molar-refractivity contribution in [2.24, 2.45) is 17.8 Å². The molecule has 0 aromatic carbocycles. The SMILES string of the molecule is CCCCCCSC[C@@H]1[C@H](CC=CCSCC(=O)OCC(C)C)[C@@H]2CC[C@H]1O2. The molecule has 0 saturated carbocycles. The van der Waals surface area contributed by atoms with Crippen LogP contribution in [0.3, 0.4) is 0 Å². The van der Waals surface area contributed by atoms with E-state index in [-0.39, 0.29) is 5.97 Å². The van der Waals surface area contributed by atoms with Crippen LogP contribution in [0, 0.1) is 17.8 Å². The van der Waals surface area contributed by atoms with Gasteiger partial charge in [-0.2, -0.15) is 11.8 Å². The summed E-state index contributed by atoms with van der Waals surface area (Å²) in [5.74, 6) is 5.64. The molecule has 0 aliphatic carbocycles. The van der Waals surface area contributed by atoms with E-state index in [4.69, 9.17) is 9.47 Å². The number of fused-ring (bicyclic) bond motifs is 2. The summed E-state index contributed by atoms with van der Waals surface area (Å²) in [6.45, 7) is 6.91. The van der Waals surface area contributed by atoms with Crippen LogP contribution in [0.5, 0.6) is 0 Å². The van der Waals surface area contributed by atoms with E-state index in [9.17, 15) is 4.79 Å². The van der Waals surface area contributed by atoms with Gasteiger partial charge in [0.05, 0.1) is 24.6 Å². The van der Waals surface area contributed by atoms with E-state index in [0.29, 0.717) is 36.4 Å². The van der Waals surface area contributed by atoms with Gasteiger partial charge < -0.3 is 9.47 Å². The highest BCUT2D eigenvalue weighted by atomic mass is 32.2. The highest BCUT2D eigenvalue weighted by Crippen LogP contribution is 2.46. The lowest BCUT2D eigenvalue weighted by Crippen LogP contribution is -2.28. The highest BCUT2D eigenvalue weighted by molar-refractivity contribution is 8.00. The number of unbranched alkanes of at least 4 members (excludes halogenated alkanes) is 3. The monoisotopic (exact) mass is 428 g/mol. The van der Waals surface area contributed by atoms with Crippen LogP contribution in [-0.2, 0) is 14.3 Å². The van der Waals surface area contributed by atoms with Gasteiger partial charge in [-0.25, -0.2) is 0 Å². The Kier molecular flexibility index (Phi) is 12.1. The number of allylic oxidation sites excluding steroid dienone is 1. The van der Waals surface area contributed by atoms with E-state index in [2.05, 4.69) is 44.7 Å². The third kappa shape index (κ3) is 8.71. The Labute approximate surface area is 181 Å². The summed E-state index contributed by atoms with van der Waals surface area (Å²) in [6.07, 6.45) is 14.6. The van der Waals surface area contributed by atoms with E-state index in [1.165, 1.54) is 50.0 Å². The van der Waals surface area contributed by atoms with Crippen molar-refractivity contribution in [3.63, 3.8) is 0 Å². The molecule has 4 atom stereocenters. The summed E-state index contributed by atoms with van der Waals surface area (Å²) in [5, 5.41) is 0. The zero-order valence-electron chi connectivity index (χ0n) is 18.1. The van der Waals surface area contributed by atoms with Crippen molar-refractivity contribution < 1.29 is 14.3 Å². The third-order valence-electron chi connectivity index (χ3n) is 5.63. The molecule has 2 aliphatic heterocycles. The second kappa shape index (κ2) is 14.0. The van der Waals surface area contributed by atoms with E-state index < -0.39 is 0 Å². The van der Waals surface area contributed by atoms with Gasteiger partial charge in [-0.15, -0.1) is 11.8 Å². The maximum Gasteiger partial charge on any atom is 0.315 e. The van der Waals surface area contributed by atoms with Crippen LogP contribution in [0.1, 0.15) is 65.7 Å². The number of hydrogen-bond acceptors (Lipinski definition) is 5. The van der Waals surface area contributed by atoms with Crippen LogP contribution in [0.2, 0.25) is 0 Å². The molecule has 2 aliphatic rings. The summed E-state index contributed by atoms with van der Waals surface area (Å²) < 4.78 is 11.4. The second-order valence-corrected chi connectivity index (χ2v) is 10.7. The Bertz CT molecular complexity index is 467. The van der Waals surface area contributed by atoms with Gasteiger partial charge in [0.1, 0.15) is 0 Å². The zero-order valence-corrected chi connectivity index (χ0v) is 19.7. The smallest absolute Gasteiger partial charge is 0.315 e. The van der Waals surface area contributed by atoms with E-state index in [0.717, 1.165) is 18.1 Å². The number of ether oxygens (including phenoxy) is 2. The molecular formula is C23H40O3S2. The molecule has 2 heterocycles. The highest BCUT2D eigenvalue weighted by Gasteiger charge is 2.47. The fourth-order valence-corrected chi connectivity index (χ4v) is 6.06. The van der Waals surface area contributed by atoms with Crippen LogP contribution >= 0.6 is 23.5 Å². The lowest BCUT2D eigenvalue weighted by Gasteiger charge is -2.27. The molecule has 3 nitrogen and oxygen atoms in total. The maximum atomic E-state index is 11.6. The van der Waals surface area contributed by atoms with Crippen LogP contribution in [0.15, 0.2) is 12.2 Å². The molecule has 0 aromatic heterocycles. The minimum atomic E-state index is -0.0929. The van der Waals surface area contributed by atoms with Gasteiger partial charge in [0.15, 0.2) is 0 Å². The van der Waals surface area contributed by atoms with Crippen molar-refractivity contribution >= 4 is 29.5 Å². The average molecular weight is 429 g/mol. The molecule has 5 heteroatoms. The van der Waals surface area contributed by atoms with Crippen LogP contribution < -0.4 is 0 Å². The summed E-state index contributed by atoms with van der Waals surface area (Å²) in [7, 11) is 0. The van der Waals surface area contributed by atoms with Gasteiger partial charge in [-0.1, -0.05) is 52.2 Å². The van der Waals surface area contributed by atoms with Crippen LogP contribution in [-0.4, -0.2) is 47.8 Å². The molecule has 0 amide bonds. The first kappa shape index (κ1) is 24.1. The predicted octanol–water partition coefficient (Wildman–Crippen LogP) is 5.97. The van der Waals surface area contributed by atoms with Crippen molar-refractivity contribution in [2.75, 3.05) is 29.6 Å². The number of hydrogen-bond donors (Lipinski definition) is 0. The first-order valence-electron chi connectivity index (χ1n) is 11.2. The molecular weight excluding hydrogens is 388 g/mol. The standard InChI is InChI=1S/C23H40O3S2/c1-4-5-6-8-13-27-16-20-19(21-11-12-22(20)26-21)10-7-9-14-28-17-23(24)25-15-18(2)3/h7,9,18-22H,4-6,8,10-17H2,1-3H3/t19-,20+,21-,22+/m0/s1. The molecule has 2 saturated heterocycles. The second-order valence-electron chi connectivity index (χ2n) is 8.55. The fourth-order valence-electron chi connectivity index (χ4n) is 4.11. The van der Waals surface area contributed by atoms with Gasteiger partial charge >= 0.3 is 5.97 Å². The van der Waals surface area contributed by atoms with Crippen molar-refractivity contribution in [1.82, 2.24) is 0 Å². The lowest BCUT2D eigenvalue weighted by atomic mass is 9.78. The summed E-state index contributed by atoms with van der Waals surface area (Å²) in [6, 6.07) is 0. The number of rotatable bonds is 15. The molecule has 0 aromatic rings. The minimum absolute atomic E-state index is 0.0929. The Morgan fingerprint density at radius 3 is 2.64 bits per heavy atom. The first-order valence-corrected chi connectivity index (χ1v) is 13.5. The normalized spacial score (nSPS) is 26.6. The number of thioether (sulfide) groups is 2. The van der Waals surface area contributed by atoms with Crippen molar-refractivity contribution in [3.05, 3.63) is 12.2 Å². The molecule has 0 N–H and O–H groups in total. The molecule has 2 rings (SSSR count). The Morgan fingerprint density at radius 1 is 1.11 bits per heavy atom. The van der Waals surface area contributed by atoms with Crippen LogP contribution in [0.4, 0.5) is 0 Å². The predicted molar refractivity (Wildman–Crippen MR) is 123 cm³/mol. The number of carbonyl (C=O) groups excluding carboxylic acids is 1. The molecule has 0 radical (unpaired) electrons. The van der Waals surface area contributed by atoms with Gasteiger partial charge in [-0.3, -0.25) is 4.79 Å². The molecule has 28 heavy (non-hydrogen) atoms. The van der Waals surface area contributed by atoms with Gasteiger partial charge in [-0.05, 0) is 54.9 Å². The van der Waals surface area contributed by atoms with Gasteiger partial charge in [0.2, 0.25) is 0 Å². The summed E-state index contributed by atoms with van der Waals surface area (Å²) in [4.78, 5) is 11.6. The van der Waals surface area contributed by atoms with Gasteiger partial charge in [0.25, 0.3) is 0 Å². The molecule has 2 fully saturated rings. The number of carbonyl (C=O) groups is 1. The largest absolute Gasteiger partial charge is 0.465 e. The van der Waals surface area contributed by atoms with Crippen molar-refractivity contribution in [3.8, 4) is 0 Å². The summed E-state index contributed by atoms with van der Waals surface area (Å²) >= 11 is 3.78. The van der Waals surface area contributed by atoms with Gasteiger partial charge in [0, 0.05) is 5.75 Å². The quantitative estimate of drug-likeness (QED) is 0.182. The van der Waals surface area contributed by atoms with E-state index in [1.54, 1.807) is 11.8 Å². The Hall–Kier alpha value is -0.130. The zero-order chi connectivity index (χ0) is 20.2. The Balaban J connectivity index is 1.60. The van der Waals surface area contributed by atoms with Crippen molar-refractivity contribution in [2.45, 2.75) is 77.9 Å². The molecule has 162 valence electrons. The van der Waals surface area contributed by atoms with E-state index in [1.807, 2.05) is 0 Å². The Morgan fingerprint density at radius 2 is 1.89 bits per heavy atom. The lowest BCUT2D eigenvalue weighted by molar-refractivity contribution is -0.141. The maximum absolute atomic E-state index is 11.6. The molecule has 0 unspecified atom stereocenters. The van der Waals surface area contributed by atoms with Crippen LogP contribution in [0.25, 0.3) is 0 Å². The third-order valence-corrected chi connectivity index (χ3v) is 7.70. The first-order chi connectivity index (χ1) is 13.6. The van der Waals surface area contributed by atoms with E-state index >= 15 is 0 Å². The topological polar surface area (TPSA) is 35.5 Å². The molecule has 0 spiro atoms. The fraction of sp³-hybridized carbons (Fsp3) is 0.870.